The Bertz CT molecular complexity index is 322. The molecule has 15 heavy (non-hydrogen) atoms. The number of nitrogens with two attached hydrogens (primary N) is 1. The molecule has 0 unspecified atom stereocenters. The van der Waals surface area contributed by atoms with E-state index in [-0.39, 0.29) is 0 Å². The number of hydrogen-bond acceptors (Lipinski definition) is 2. The van der Waals surface area contributed by atoms with Crippen molar-refractivity contribution in [3.63, 3.8) is 0 Å². The van der Waals surface area contributed by atoms with E-state index in [9.17, 15) is 0 Å². The fraction of sp³-hybridized carbons (Fsp3) is 0.538. The molecule has 1 fully saturated rings. The third kappa shape index (κ3) is 2.72. The van der Waals surface area contributed by atoms with E-state index in [0.717, 1.165) is 6.42 Å². The molecule has 0 amide bonds. The Morgan fingerprint density at radius 3 is 2.80 bits per heavy atom. The highest BCUT2D eigenvalue weighted by atomic mass is 15.0. The minimum atomic E-state index is 0.319. The van der Waals surface area contributed by atoms with Crippen LogP contribution in [0.2, 0.25) is 0 Å². The van der Waals surface area contributed by atoms with Crippen LogP contribution in [0, 0.1) is 6.92 Å². The second-order valence-electron chi connectivity index (χ2n) is 4.57. The summed E-state index contributed by atoms with van der Waals surface area (Å²) in [6.07, 6.45) is 4.95. The molecule has 0 bridgehead atoms. The number of rotatable bonds is 2. The van der Waals surface area contributed by atoms with Crippen molar-refractivity contribution in [3.05, 3.63) is 29.8 Å². The van der Waals surface area contributed by atoms with Crippen LogP contribution in [0.5, 0.6) is 0 Å². The normalized spacial score (nSPS) is 26.3. The molecule has 0 saturated heterocycles. The maximum absolute atomic E-state index is 6.10. The molecule has 3 N–H and O–H groups in total. The maximum Gasteiger partial charge on any atom is 0.0412 e. The predicted molar refractivity (Wildman–Crippen MR) is 65.0 cm³/mol. The number of nitrogens with one attached hydrogen (secondary N) is 1. The van der Waals surface area contributed by atoms with Crippen LogP contribution in [0.15, 0.2) is 24.3 Å². The Kier molecular flexibility index (Phi) is 3.27. The summed E-state index contributed by atoms with van der Waals surface area (Å²) < 4.78 is 0. The third-order valence-electron chi connectivity index (χ3n) is 3.19. The van der Waals surface area contributed by atoms with Crippen molar-refractivity contribution >= 4 is 5.69 Å². The molecule has 0 aromatic heterocycles. The van der Waals surface area contributed by atoms with Gasteiger partial charge in [0, 0.05) is 17.8 Å². The van der Waals surface area contributed by atoms with Gasteiger partial charge in [0.2, 0.25) is 0 Å². The third-order valence-corrected chi connectivity index (χ3v) is 3.19. The second-order valence-corrected chi connectivity index (χ2v) is 4.57. The van der Waals surface area contributed by atoms with Gasteiger partial charge in [0.1, 0.15) is 0 Å². The van der Waals surface area contributed by atoms with Crippen LogP contribution in [0.25, 0.3) is 0 Å². The Hall–Kier alpha value is -1.02. The van der Waals surface area contributed by atoms with Crippen LogP contribution in [0.3, 0.4) is 0 Å². The lowest BCUT2D eigenvalue weighted by atomic mass is 9.91. The van der Waals surface area contributed by atoms with Crippen LogP contribution >= 0.6 is 0 Å². The van der Waals surface area contributed by atoms with Gasteiger partial charge in [0.05, 0.1) is 0 Å². The van der Waals surface area contributed by atoms with Crippen LogP contribution in [0.1, 0.15) is 31.2 Å². The van der Waals surface area contributed by atoms with Crippen molar-refractivity contribution in [2.75, 3.05) is 5.32 Å². The van der Waals surface area contributed by atoms with Crippen molar-refractivity contribution in [2.24, 2.45) is 5.73 Å². The topological polar surface area (TPSA) is 38.0 Å². The smallest absolute Gasteiger partial charge is 0.0412 e. The summed E-state index contributed by atoms with van der Waals surface area (Å²) >= 11 is 0. The van der Waals surface area contributed by atoms with Gasteiger partial charge >= 0.3 is 0 Å². The molecule has 1 aromatic carbocycles. The average molecular weight is 204 g/mol. The minimum absolute atomic E-state index is 0.319. The van der Waals surface area contributed by atoms with Crippen molar-refractivity contribution in [1.82, 2.24) is 0 Å². The van der Waals surface area contributed by atoms with E-state index in [0.29, 0.717) is 12.1 Å². The summed E-state index contributed by atoms with van der Waals surface area (Å²) in [4.78, 5) is 0. The summed E-state index contributed by atoms with van der Waals surface area (Å²) in [5, 5.41) is 3.55. The largest absolute Gasteiger partial charge is 0.381 e. The fourth-order valence-electron chi connectivity index (χ4n) is 2.29. The quantitative estimate of drug-likeness (QED) is 0.777. The highest BCUT2D eigenvalue weighted by Crippen LogP contribution is 2.21. The summed E-state index contributed by atoms with van der Waals surface area (Å²) in [7, 11) is 0. The molecule has 1 aromatic rings. The number of anilines is 1. The monoisotopic (exact) mass is 204 g/mol. The molecule has 0 radical (unpaired) electrons. The first-order chi connectivity index (χ1) is 7.25. The molecule has 82 valence electrons. The molecule has 0 spiro atoms. The molecule has 2 heteroatoms. The van der Waals surface area contributed by atoms with Crippen LogP contribution in [-0.2, 0) is 0 Å². The number of hydrogen-bond donors (Lipinski definition) is 2. The highest BCUT2D eigenvalue weighted by molar-refractivity contribution is 5.46. The summed E-state index contributed by atoms with van der Waals surface area (Å²) in [5.74, 6) is 0. The SMILES string of the molecule is Cc1cccc(N[C@H]2CCCC[C@H]2N)c1. The van der Waals surface area contributed by atoms with Crippen LogP contribution < -0.4 is 11.1 Å². The standard InChI is InChI=1S/C13H20N2/c1-10-5-4-6-11(9-10)15-13-8-3-2-7-12(13)14/h4-6,9,12-13,15H,2-3,7-8,14H2,1H3/t12-,13+/m1/s1. The molecule has 1 saturated carbocycles. The van der Waals surface area contributed by atoms with Crippen LogP contribution in [0.4, 0.5) is 5.69 Å². The zero-order valence-electron chi connectivity index (χ0n) is 9.37. The van der Waals surface area contributed by atoms with Crippen molar-refractivity contribution in [1.29, 1.82) is 0 Å². The van der Waals surface area contributed by atoms with Gasteiger partial charge in [-0.05, 0) is 37.5 Å². The molecule has 2 nitrogen and oxygen atoms in total. The fourth-order valence-corrected chi connectivity index (χ4v) is 2.29. The van der Waals surface area contributed by atoms with Gasteiger partial charge in [-0.1, -0.05) is 25.0 Å². The van der Waals surface area contributed by atoms with E-state index < -0.39 is 0 Å². The first kappa shape index (κ1) is 10.5. The van der Waals surface area contributed by atoms with E-state index in [4.69, 9.17) is 5.73 Å². The first-order valence-electron chi connectivity index (χ1n) is 5.84. The van der Waals surface area contributed by atoms with Gasteiger partial charge < -0.3 is 11.1 Å². The highest BCUT2D eigenvalue weighted by Gasteiger charge is 2.21. The maximum atomic E-state index is 6.10. The Morgan fingerprint density at radius 2 is 2.07 bits per heavy atom. The molecule has 0 aliphatic heterocycles. The molecule has 1 aliphatic carbocycles. The van der Waals surface area contributed by atoms with Gasteiger partial charge in [-0.15, -0.1) is 0 Å². The first-order valence-corrected chi connectivity index (χ1v) is 5.84. The molecule has 2 atom stereocenters. The van der Waals surface area contributed by atoms with E-state index in [1.165, 1.54) is 30.5 Å². The van der Waals surface area contributed by atoms with Crippen LogP contribution in [-0.4, -0.2) is 12.1 Å². The lowest BCUT2D eigenvalue weighted by Crippen LogP contribution is -2.42. The van der Waals surface area contributed by atoms with E-state index in [1.807, 2.05) is 0 Å². The zero-order chi connectivity index (χ0) is 10.7. The van der Waals surface area contributed by atoms with Gasteiger partial charge in [-0.3, -0.25) is 0 Å². The lowest BCUT2D eigenvalue weighted by molar-refractivity contribution is 0.404. The van der Waals surface area contributed by atoms with Crippen molar-refractivity contribution < 1.29 is 0 Å². The number of benzene rings is 1. The van der Waals surface area contributed by atoms with E-state index in [1.54, 1.807) is 0 Å². The Morgan fingerprint density at radius 1 is 1.27 bits per heavy atom. The molecule has 1 aliphatic rings. The Labute approximate surface area is 91.9 Å². The van der Waals surface area contributed by atoms with Gasteiger partial charge in [-0.2, -0.15) is 0 Å². The summed E-state index contributed by atoms with van der Waals surface area (Å²) in [6.45, 7) is 2.12. The molecule has 2 rings (SSSR count). The average Bonchev–Trinajstić information content (AvgIpc) is 2.22. The van der Waals surface area contributed by atoms with E-state index in [2.05, 4.69) is 36.5 Å². The predicted octanol–water partition coefficient (Wildman–Crippen LogP) is 2.68. The van der Waals surface area contributed by atoms with Crippen molar-refractivity contribution in [3.8, 4) is 0 Å². The van der Waals surface area contributed by atoms with Gasteiger partial charge in [0.25, 0.3) is 0 Å². The molecular weight excluding hydrogens is 184 g/mol. The molecular formula is C13H20N2. The molecule has 0 heterocycles. The summed E-state index contributed by atoms with van der Waals surface area (Å²) in [6, 6.07) is 9.29. The number of aryl methyl sites for hydroxylation is 1. The lowest BCUT2D eigenvalue weighted by Gasteiger charge is -2.30. The second kappa shape index (κ2) is 4.67. The van der Waals surface area contributed by atoms with Gasteiger partial charge in [-0.25, -0.2) is 0 Å². The van der Waals surface area contributed by atoms with Gasteiger partial charge in [0.15, 0.2) is 0 Å². The Balaban J connectivity index is 2.01. The zero-order valence-corrected chi connectivity index (χ0v) is 9.37. The minimum Gasteiger partial charge on any atom is -0.381 e. The summed E-state index contributed by atoms with van der Waals surface area (Å²) in [5.41, 5.74) is 8.60. The van der Waals surface area contributed by atoms with Crippen molar-refractivity contribution in [2.45, 2.75) is 44.7 Å². The van der Waals surface area contributed by atoms with E-state index >= 15 is 0 Å².